The smallest absolute Gasteiger partial charge is 0.331 e. The number of methoxy groups -OCH3 is 1. The van der Waals surface area contributed by atoms with Crippen molar-refractivity contribution < 1.29 is 14.3 Å². The van der Waals surface area contributed by atoms with E-state index in [1.54, 1.807) is 0 Å². The molecule has 0 aromatic carbocycles. The maximum absolute atomic E-state index is 11.8. The van der Waals surface area contributed by atoms with Crippen LogP contribution >= 0.6 is 11.8 Å². The van der Waals surface area contributed by atoms with Crippen LogP contribution in [0.3, 0.4) is 0 Å². The Morgan fingerprint density at radius 1 is 1.59 bits per heavy atom. The monoisotopic (exact) mass is 252 g/mol. The molecule has 1 rings (SSSR count). The van der Waals surface area contributed by atoms with Gasteiger partial charge in [-0.2, -0.15) is 5.26 Å². The number of carbonyl (C=O) groups excluding carboxylic acids is 2. The van der Waals surface area contributed by atoms with Crippen LogP contribution in [0.2, 0.25) is 0 Å². The number of Topliss-reactive ketones (excluding diaryl/α,β-unsaturated/α-hetero) is 1. The van der Waals surface area contributed by atoms with Gasteiger partial charge in [0.15, 0.2) is 0 Å². The van der Waals surface area contributed by atoms with Gasteiger partial charge in [0.2, 0.25) is 5.78 Å². The van der Waals surface area contributed by atoms with Crippen LogP contribution in [0.1, 0.15) is 13.8 Å². The fourth-order valence-electron chi connectivity index (χ4n) is 1.16. The highest BCUT2D eigenvalue weighted by molar-refractivity contribution is 8.08. The minimum Gasteiger partial charge on any atom is -0.466 e. The Balaban J connectivity index is 2.98. The van der Waals surface area contributed by atoms with Crippen molar-refractivity contribution in [1.82, 2.24) is 5.32 Å². The molecule has 1 heterocycles. The number of esters is 1. The average Bonchev–Trinajstić information content (AvgIpc) is 2.54. The van der Waals surface area contributed by atoms with Gasteiger partial charge in [-0.3, -0.25) is 4.79 Å². The van der Waals surface area contributed by atoms with Crippen LogP contribution in [-0.4, -0.2) is 24.9 Å². The molecule has 6 heteroatoms. The fraction of sp³-hybridized carbons (Fsp3) is 0.364. The van der Waals surface area contributed by atoms with Crippen molar-refractivity contribution in [2.45, 2.75) is 19.9 Å². The van der Waals surface area contributed by atoms with Crippen LogP contribution in [0.15, 0.2) is 21.6 Å². The third kappa shape index (κ3) is 3.11. The molecule has 0 aromatic heterocycles. The highest BCUT2D eigenvalue weighted by atomic mass is 32.2. The Morgan fingerprint density at radius 3 is 2.71 bits per heavy atom. The normalized spacial score (nSPS) is 17.6. The van der Waals surface area contributed by atoms with Crippen molar-refractivity contribution in [1.29, 1.82) is 5.26 Å². The number of thioether (sulfide) groups is 1. The number of carbonyl (C=O) groups is 2. The molecule has 0 radical (unpaired) electrons. The highest BCUT2D eigenvalue weighted by Crippen LogP contribution is 2.36. The van der Waals surface area contributed by atoms with E-state index in [0.717, 1.165) is 17.8 Å². The molecular weight excluding hydrogens is 240 g/mol. The van der Waals surface area contributed by atoms with Gasteiger partial charge >= 0.3 is 5.97 Å². The lowest BCUT2D eigenvalue weighted by atomic mass is 10.2. The van der Waals surface area contributed by atoms with Gasteiger partial charge in [-0.1, -0.05) is 11.8 Å². The minimum absolute atomic E-state index is 0.0406. The van der Waals surface area contributed by atoms with Crippen molar-refractivity contribution in [3.63, 3.8) is 0 Å². The van der Waals surface area contributed by atoms with Gasteiger partial charge in [0, 0.05) is 12.1 Å². The molecule has 0 amide bonds. The molecule has 17 heavy (non-hydrogen) atoms. The summed E-state index contributed by atoms with van der Waals surface area (Å²) < 4.78 is 4.44. The van der Waals surface area contributed by atoms with E-state index in [-0.39, 0.29) is 16.5 Å². The van der Waals surface area contributed by atoms with E-state index in [0.29, 0.717) is 5.03 Å². The second-order valence-corrected chi connectivity index (χ2v) is 4.63. The van der Waals surface area contributed by atoms with E-state index < -0.39 is 11.8 Å². The zero-order chi connectivity index (χ0) is 13.0. The molecule has 90 valence electrons. The topological polar surface area (TPSA) is 79.2 Å². The molecule has 0 unspecified atom stereocenters. The summed E-state index contributed by atoms with van der Waals surface area (Å²) in [5.74, 6) is -1.05. The number of hydrogen-bond donors (Lipinski definition) is 1. The number of allylic oxidation sites excluding steroid dienone is 2. The van der Waals surface area contributed by atoms with E-state index >= 15 is 0 Å². The number of nitriles is 1. The van der Waals surface area contributed by atoms with Crippen molar-refractivity contribution in [3.8, 4) is 6.07 Å². The number of nitrogens with one attached hydrogen (secondary N) is 1. The lowest BCUT2D eigenvalue weighted by molar-refractivity contribution is -0.135. The fourth-order valence-corrected chi connectivity index (χ4v) is 2.26. The Labute approximate surface area is 104 Å². The first-order valence-corrected chi connectivity index (χ1v) is 5.74. The van der Waals surface area contributed by atoms with E-state index in [1.807, 2.05) is 19.9 Å². The predicted molar refractivity (Wildman–Crippen MR) is 63.6 cm³/mol. The molecular formula is C11H12N2O3S. The Bertz CT molecular complexity index is 458. The summed E-state index contributed by atoms with van der Waals surface area (Å²) in [5, 5.41) is 12.4. The largest absolute Gasteiger partial charge is 0.466 e. The van der Waals surface area contributed by atoms with Crippen molar-refractivity contribution in [3.05, 3.63) is 21.6 Å². The van der Waals surface area contributed by atoms with Gasteiger partial charge in [0.25, 0.3) is 0 Å². The quantitative estimate of drug-likeness (QED) is 0.598. The molecule has 1 aliphatic heterocycles. The van der Waals surface area contributed by atoms with Gasteiger partial charge in [-0.25, -0.2) is 4.79 Å². The summed E-state index contributed by atoms with van der Waals surface area (Å²) in [7, 11) is 1.23. The van der Waals surface area contributed by atoms with E-state index in [4.69, 9.17) is 5.26 Å². The molecule has 0 fully saturated rings. The standard InChI is InChI=1S/C11H12N2O3S/c1-6(2)13-11-7(5-12)10(15)8(17-11)4-9(14)16-3/h4,6,13H,1-3H3/b8-4+. The molecule has 0 saturated heterocycles. The minimum atomic E-state index is -0.607. The van der Waals surface area contributed by atoms with E-state index in [1.165, 1.54) is 7.11 Å². The maximum atomic E-state index is 11.8. The lowest BCUT2D eigenvalue weighted by Crippen LogP contribution is -2.20. The molecule has 0 spiro atoms. The van der Waals surface area contributed by atoms with Crippen molar-refractivity contribution in [2.24, 2.45) is 0 Å². The Morgan fingerprint density at radius 2 is 2.24 bits per heavy atom. The summed E-state index contributed by atoms with van der Waals surface area (Å²) in [5.41, 5.74) is 0.0406. The average molecular weight is 252 g/mol. The molecule has 1 aliphatic rings. The zero-order valence-corrected chi connectivity index (χ0v) is 10.6. The van der Waals surface area contributed by atoms with Gasteiger partial charge in [-0.05, 0) is 13.8 Å². The number of ketones is 1. The number of rotatable bonds is 3. The summed E-state index contributed by atoms with van der Waals surface area (Å²) in [4.78, 5) is 23.0. The maximum Gasteiger partial charge on any atom is 0.331 e. The SMILES string of the molecule is COC(=O)/C=C1/SC(NC(C)C)=C(C#N)C1=O. The molecule has 0 aliphatic carbocycles. The van der Waals surface area contributed by atoms with Crippen LogP contribution in [-0.2, 0) is 14.3 Å². The van der Waals surface area contributed by atoms with Crippen LogP contribution in [0, 0.1) is 11.3 Å². The van der Waals surface area contributed by atoms with Crippen LogP contribution in [0.5, 0.6) is 0 Å². The zero-order valence-electron chi connectivity index (χ0n) is 9.73. The molecule has 5 nitrogen and oxygen atoms in total. The summed E-state index contributed by atoms with van der Waals surface area (Å²) in [6.45, 7) is 3.80. The van der Waals surface area contributed by atoms with Gasteiger partial charge < -0.3 is 10.1 Å². The first kappa shape index (κ1) is 13.3. The number of hydrogen-bond acceptors (Lipinski definition) is 6. The molecule has 0 bridgehead atoms. The Hall–Kier alpha value is -1.74. The number of nitrogens with zero attached hydrogens (tertiary/aromatic N) is 1. The van der Waals surface area contributed by atoms with Crippen LogP contribution in [0.4, 0.5) is 0 Å². The third-order valence-corrected chi connectivity index (χ3v) is 2.92. The predicted octanol–water partition coefficient (Wildman–Crippen LogP) is 1.09. The van der Waals surface area contributed by atoms with Gasteiger partial charge in [0.1, 0.15) is 11.6 Å². The molecule has 0 atom stereocenters. The molecule has 0 aromatic rings. The second kappa shape index (κ2) is 5.55. The lowest BCUT2D eigenvalue weighted by Gasteiger charge is -2.09. The second-order valence-electron chi connectivity index (χ2n) is 3.58. The Kier molecular flexibility index (Phi) is 4.35. The highest BCUT2D eigenvalue weighted by Gasteiger charge is 2.30. The first-order chi connectivity index (χ1) is 7.99. The molecule has 0 saturated carbocycles. The first-order valence-electron chi connectivity index (χ1n) is 4.92. The van der Waals surface area contributed by atoms with E-state index in [9.17, 15) is 9.59 Å². The third-order valence-electron chi connectivity index (χ3n) is 1.87. The van der Waals surface area contributed by atoms with E-state index in [2.05, 4.69) is 10.1 Å². The van der Waals surface area contributed by atoms with Crippen molar-refractivity contribution in [2.75, 3.05) is 7.11 Å². The summed E-state index contributed by atoms with van der Waals surface area (Å²) >= 11 is 1.08. The van der Waals surface area contributed by atoms with Crippen molar-refractivity contribution >= 4 is 23.5 Å². The van der Waals surface area contributed by atoms with Gasteiger partial charge in [-0.15, -0.1) is 0 Å². The van der Waals surface area contributed by atoms with Crippen LogP contribution < -0.4 is 5.32 Å². The van der Waals surface area contributed by atoms with Gasteiger partial charge in [0.05, 0.1) is 17.0 Å². The number of ether oxygens (including phenoxy) is 1. The summed E-state index contributed by atoms with van der Waals surface area (Å²) in [6, 6.07) is 1.95. The van der Waals surface area contributed by atoms with Crippen LogP contribution in [0.25, 0.3) is 0 Å². The summed E-state index contributed by atoms with van der Waals surface area (Å²) in [6.07, 6.45) is 1.10. The molecule has 1 N–H and O–H groups in total.